The maximum Gasteiger partial charge on any atom is 0.264 e. The van der Waals surface area contributed by atoms with Gasteiger partial charge in [0.05, 0.1) is 10.6 Å². The maximum atomic E-state index is 14.0. The third-order valence-electron chi connectivity index (χ3n) is 6.48. The third kappa shape index (κ3) is 7.99. The van der Waals surface area contributed by atoms with Crippen LogP contribution in [-0.4, -0.2) is 44.3 Å². The second kappa shape index (κ2) is 13.5. The molecule has 1 N–H and O–H groups in total. The van der Waals surface area contributed by atoms with Crippen molar-refractivity contribution in [2.75, 3.05) is 17.4 Å². The Morgan fingerprint density at radius 3 is 2.08 bits per heavy atom. The molecule has 0 unspecified atom stereocenters. The molecule has 0 saturated heterocycles. The zero-order valence-corrected chi connectivity index (χ0v) is 25.6. The minimum Gasteiger partial charge on any atom is -0.354 e. The van der Waals surface area contributed by atoms with Crippen molar-refractivity contribution in [2.24, 2.45) is 5.92 Å². The predicted molar refractivity (Wildman–Crippen MR) is 161 cm³/mol. The Bertz CT molecular complexity index is 1440. The van der Waals surface area contributed by atoms with E-state index < -0.39 is 28.5 Å². The first-order valence-corrected chi connectivity index (χ1v) is 15.2. The van der Waals surface area contributed by atoms with Crippen LogP contribution in [-0.2, 0) is 26.2 Å². The number of carbonyl (C=O) groups is 2. The van der Waals surface area contributed by atoms with Gasteiger partial charge in [-0.3, -0.25) is 13.9 Å². The van der Waals surface area contributed by atoms with E-state index in [0.29, 0.717) is 6.54 Å². The number of halogens is 2. The Morgan fingerprint density at radius 1 is 0.900 bits per heavy atom. The molecule has 0 aliphatic heterocycles. The van der Waals surface area contributed by atoms with E-state index in [1.54, 1.807) is 19.1 Å². The van der Waals surface area contributed by atoms with E-state index in [0.717, 1.165) is 21.0 Å². The highest BCUT2D eigenvalue weighted by molar-refractivity contribution is 7.92. The fourth-order valence-corrected chi connectivity index (χ4v) is 5.97. The first-order chi connectivity index (χ1) is 18.8. The summed E-state index contributed by atoms with van der Waals surface area (Å²) in [5.74, 6) is -0.656. The summed E-state index contributed by atoms with van der Waals surface area (Å²) >= 11 is 12.5. The summed E-state index contributed by atoms with van der Waals surface area (Å²) in [5, 5.41) is 3.32. The van der Waals surface area contributed by atoms with E-state index in [9.17, 15) is 18.0 Å². The van der Waals surface area contributed by atoms with Crippen LogP contribution < -0.4 is 9.62 Å². The number of sulfonamides is 1. The normalized spacial score (nSPS) is 12.2. The van der Waals surface area contributed by atoms with Crippen LogP contribution in [0.1, 0.15) is 37.5 Å². The van der Waals surface area contributed by atoms with Gasteiger partial charge in [0.2, 0.25) is 11.8 Å². The van der Waals surface area contributed by atoms with E-state index in [1.165, 1.54) is 35.2 Å². The first kappa shape index (κ1) is 31.5. The molecule has 3 rings (SSSR count). The molecule has 40 heavy (non-hydrogen) atoms. The molecule has 0 aliphatic rings. The lowest BCUT2D eigenvalue weighted by molar-refractivity contribution is -0.139. The lowest BCUT2D eigenvalue weighted by Gasteiger charge is -2.32. The van der Waals surface area contributed by atoms with Crippen LogP contribution in [0.3, 0.4) is 0 Å². The molecule has 214 valence electrons. The largest absolute Gasteiger partial charge is 0.354 e. The predicted octanol–water partition coefficient (Wildman–Crippen LogP) is 6.00. The number of benzene rings is 3. The lowest BCUT2D eigenvalue weighted by Crippen LogP contribution is -2.51. The summed E-state index contributed by atoms with van der Waals surface area (Å²) in [5.41, 5.74) is 2.82. The van der Waals surface area contributed by atoms with Crippen LogP contribution in [0.15, 0.2) is 71.6 Å². The van der Waals surface area contributed by atoms with Crippen molar-refractivity contribution in [3.8, 4) is 0 Å². The number of carbonyl (C=O) groups excluding carboxylic acids is 2. The second-order valence-corrected chi connectivity index (χ2v) is 13.0. The van der Waals surface area contributed by atoms with Crippen LogP contribution in [0.25, 0.3) is 0 Å². The minimum atomic E-state index is -4.21. The van der Waals surface area contributed by atoms with Gasteiger partial charge in [0.1, 0.15) is 12.6 Å². The van der Waals surface area contributed by atoms with Crippen molar-refractivity contribution in [1.29, 1.82) is 0 Å². The van der Waals surface area contributed by atoms with Crippen molar-refractivity contribution in [3.05, 3.63) is 93.5 Å². The van der Waals surface area contributed by atoms with Crippen LogP contribution in [0.2, 0.25) is 10.0 Å². The third-order valence-corrected chi connectivity index (χ3v) is 8.70. The Kier molecular flexibility index (Phi) is 10.6. The molecular formula is C30H35Cl2N3O4S. The second-order valence-electron chi connectivity index (χ2n) is 10.2. The highest BCUT2D eigenvalue weighted by Gasteiger charge is 2.33. The van der Waals surface area contributed by atoms with Gasteiger partial charge in [-0.05, 0) is 68.1 Å². The number of aryl methyl sites for hydroxylation is 2. The summed E-state index contributed by atoms with van der Waals surface area (Å²) in [7, 11) is -4.21. The van der Waals surface area contributed by atoms with E-state index >= 15 is 0 Å². The van der Waals surface area contributed by atoms with E-state index in [1.807, 2.05) is 52.0 Å². The van der Waals surface area contributed by atoms with Gasteiger partial charge in [0, 0.05) is 23.1 Å². The van der Waals surface area contributed by atoms with Crippen LogP contribution >= 0.6 is 23.2 Å². The van der Waals surface area contributed by atoms with E-state index in [-0.39, 0.29) is 39.0 Å². The van der Waals surface area contributed by atoms with Gasteiger partial charge in [-0.1, -0.05) is 79.0 Å². The molecule has 0 saturated carbocycles. The van der Waals surface area contributed by atoms with Gasteiger partial charge in [-0.2, -0.15) is 0 Å². The summed E-state index contributed by atoms with van der Waals surface area (Å²) in [6.45, 7) is 9.37. The molecule has 0 spiro atoms. The molecule has 7 nitrogen and oxygen atoms in total. The standard InChI is InChI=1S/C30H35Cl2N3O4S/c1-20(2)17-33-30(37)23(5)34(18-24-9-7-6-8-22(24)4)29(36)19-35(27-15-25(31)14-26(32)16-27)40(38,39)28-12-10-21(3)11-13-28/h6-16,20,23H,17-19H2,1-5H3,(H,33,37)/t23-/m0/s1. The number of hydrogen-bond acceptors (Lipinski definition) is 4. The molecule has 0 radical (unpaired) electrons. The fourth-order valence-electron chi connectivity index (χ4n) is 4.06. The summed E-state index contributed by atoms with van der Waals surface area (Å²) < 4.78 is 28.8. The average Bonchev–Trinajstić information content (AvgIpc) is 2.88. The average molecular weight is 605 g/mol. The zero-order valence-electron chi connectivity index (χ0n) is 23.3. The van der Waals surface area contributed by atoms with Gasteiger partial charge in [0.25, 0.3) is 10.0 Å². The summed E-state index contributed by atoms with van der Waals surface area (Å²) in [6.07, 6.45) is 0. The molecular weight excluding hydrogens is 569 g/mol. The first-order valence-electron chi connectivity index (χ1n) is 13.0. The van der Waals surface area contributed by atoms with Crippen LogP contribution in [0, 0.1) is 19.8 Å². The van der Waals surface area contributed by atoms with Crippen LogP contribution in [0.5, 0.6) is 0 Å². The fraction of sp³-hybridized carbons (Fsp3) is 0.333. The van der Waals surface area contributed by atoms with Gasteiger partial charge in [-0.15, -0.1) is 0 Å². The molecule has 0 aromatic heterocycles. The smallest absolute Gasteiger partial charge is 0.264 e. The highest BCUT2D eigenvalue weighted by atomic mass is 35.5. The summed E-state index contributed by atoms with van der Waals surface area (Å²) in [6, 6.07) is 17.4. The van der Waals surface area contributed by atoms with Gasteiger partial charge in [0.15, 0.2) is 0 Å². The molecule has 3 aromatic rings. The maximum absolute atomic E-state index is 14.0. The molecule has 0 bridgehead atoms. The topological polar surface area (TPSA) is 86.8 Å². The van der Waals surface area contributed by atoms with Gasteiger partial charge < -0.3 is 10.2 Å². The molecule has 0 aliphatic carbocycles. The summed E-state index contributed by atoms with van der Waals surface area (Å²) in [4.78, 5) is 28.5. The Balaban J connectivity index is 2.06. The van der Waals surface area contributed by atoms with Crippen molar-refractivity contribution >= 4 is 50.7 Å². The van der Waals surface area contributed by atoms with Crippen molar-refractivity contribution < 1.29 is 18.0 Å². The SMILES string of the molecule is Cc1ccc(S(=O)(=O)N(CC(=O)N(Cc2ccccc2C)[C@@H](C)C(=O)NCC(C)C)c2cc(Cl)cc(Cl)c2)cc1. The molecule has 10 heteroatoms. The minimum absolute atomic E-state index is 0.00942. The molecule has 2 amide bonds. The van der Waals surface area contributed by atoms with E-state index in [4.69, 9.17) is 23.2 Å². The number of rotatable bonds is 11. The van der Waals surface area contributed by atoms with Crippen molar-refractivity contribution in [2.45, 2.75) is 52.1 Å². The van der Waals surface area contributed by atoms with Gasteiger partial charge >= 0.3 is 0 Å². The van der Waals surface area contributed by atoms with Crippen molar-refractivity contribution in [1.82, 2.24) is 10.2 Å². The van der Waals surface area contributed by atoms with Crippen LogP contribution in [0.4, 0.5) is 5.69 Å². The lowest BCUT2D eigenvalue weighted by atomic mass is 10.1. The monoisotopic (exact) mass is 603 g/mol. The number of nitrogens with zero attached hydrogens (tertiary/aromatic N) is 2. The quantitative estimate of drug-likeness (QED) is 0.291. The molecule has 3 aromatic carbocycles. The number of anilines is 1. The zero-order chi connectivity index (χ0) is 29.6. The Labute approximate surface area is 247 Å². The molecule has 0 fully saturated rings. The molecule has 0 heterocycles. The molecule has 1 atom stereocenters. The number of amides is 2. The van der Waals surface area contributed by atoms with Crippen molar-refractivity contribution in [3.63, 3.8) is 0 Å². The van der Waals surface area contributed by atoms with Gasteiger partial charge in [-0.25, -0.2) is 8.42 Å². The number of hydrogen-bond donors (Lipinski definition) is 1. The van der Waals surface area contributed by atoms with E-state index in [2.05, 4.69) is 5.32 Å². The highest BCUT2D eigenvalue weighted by Crippen LogP contribution is 2.30. The number of nitrogens with one attached hydrogen (secondary N) is 1. The Hall–Kier alpha value is -3.07. The Morgan fingerprint density at radius 2 is 1.50 bits per heavy atom.